The molecule has 0 atom stereocenters. The Bertz CT molecular complexity index is 154. The molecule has 0 amide bonds. The van der Waals surface area contributed by atoms with Crippen molar-refractivity contribution in [1.29, 1.82) is 0 Å². The molecular formula is C9H16N+. The van der Waals surface area contributed by atoms with Gasteiger partial charge in [-0.15, -0.1) is 0 Å². The zero-order valence-electron chi connectivity index (χ0n) is 6.88. The largest absolute Gasteiger partial charge is 0.209 e. The van der Waals surface area contributed by atoms with Crippen LogP contribution in [0.3, 0.4) is 0 Å². The predicted molar refractivity (Wildman–Crippen MR) is 44.4 cm³/mol. The Balaban J connectivity index is 2.19. The summed E-state index contributed by atoms with van der Waals surface area (Å²) in [5, 5.41) is 0. The van der Waals surface area contributed by atoms with Gasteiger partial charge in [0, 0.05) is 12.8 Å². The lowest BCUT2D eigenvalue weighted by Crippen LogP contribution is -2.06. The second-order valence-electron chi connectivity index (χ2n) is 3.22. The highest BCUT2D eigenvalue weighted by atomic mass is 15.0. The molecule has 10 heavy (non-hydrogen) atoms. The van der Waals surface area contributed by atoms with E-state index in [0.29, 0.717) is 0 Å². The summed E-state index contributed by atoms with van der Waals surface area (Å²) < 4.78 is 2.28. The van der Waals surface area contributed by atoms with Crippen molar-refractivity contribution in [2.24, 2.45) is 5.92 Å². The molecule has 1 rings (SSSR count). The molecule has 1 heteroatoms. The molecule has 0 aromatic heterocycles. The van der Waals surface area contributed by atoms with Crippen molar-refractivity contribution in [3.05, 3.63) is 12.3 Å². The summed E-state index contributed by atoms with van der Waals surface area (Å²) in [4.78, 5) is 0. The quantitative estimate of drug-likeness (QED) is 0.525. The molecule has 1 nitrogen and oxygen atoms in total. The maximum atomic E-state index is 2.28. The molecule has 1 aliphatic heterocycles. The molecule has 0 radical (unpaired) electrons. The maximum Gasteiger partial charge on any atom is 0.165 e. The first-order valence-electron chi connectivity index (χ1n) is 4.05. The Kier molecular flexibility index (Phi) is 2.67. The molecule has 0 aromatic rings. The van der Waals surface area contributed by atoms with Gasteiger partial charge in [-0.2, -0.15) is 0 Å². The van der Waals surface area contributed by atoms with E-state index < -0.39 is 0 Å². The van der Waals surface area contributed by atoms with E-state index in [4.69, 9.17) is 0 Å². The fourth-order valence-corrected chi connectivity index (χ4v) is 1.03. The molecule has 0 fully saturated rings. The number of allylic oxidation sites excluding steroid dienone is 1. The number of nitrogens with zero attached hydrogens (tertiary/aromatic N) is 1. The highest BCUT2D eigenvalue weighted by molar-refractivity contribution is 5.55. The van der Waals surface area contributed by atoms with Crippen molar-refractivity contribution in [2.45, 2.75) is 26.7 Å². The molecular weight excluding hydrogens is 122 g/mol. The molecule has 1 aliphatic rings. The average Bonchev–Trinajstić information content (AvgIpc) is 2.34. The van der Waals surface area contributed by atoms with Crippen LogP contribution in [0.5, 0.6) is 0 Å². The van der Waals surface area contributed by atoms with Crippen LogP contribution in [0, 0.1) is 5.92 Å². The average molecular weight is 138 g/mol. The molecule has 1 heterocycles. The predicted octanol–water partition coefficient (Wildman–Crippen LogP) is 2.03. The highest BCUT2D eigenvalue weighted by Crippen LogP contribution is 2.01. The minimum absolute atomic E-state index is 0.822. The lowest BCUT2D eigenvalue weighted by atomic mass is 10.1. The summed E-state index contributed by atoms with van der Waals surface area (Å²) in [6.07, 6.45) is 9.02. The van der Waals surface area contributed by atoms with Gasteiger partial charge in [-0.3, -0.25) is 0 Å². The van der Waals surface area contributed by atoms with E-state index in [1.807, 2.05) is 0 Å². The summed E-state index contributed by atoms with van der Waals surface area (Å²) in [6.45, 7) is 5.72. The van der Waals surface area contributed by atoms with Gasteiger partial charge in [-0.05, 0) is 12.0 Å². The standard InChI is InChI=1S/C9H16N/c1-9(2)5-8-10-6-3-4-7-10/h3,6-7,9H,4-5,8H2,1-2H3/q+1. The third kappa shape index (κ3) is 2.34. The van der Waals surface area contributed by atoms with E-state index in [1.165, 1.54) is 13.0 Å². The van der Waals surface area contributed by atoms with Crippen molar-refractivity contribution >= 4 is 6.21 Å². The third-order valence-corrected chi connectivity index (χ3v) is 1.74. The molecule has 56 valence electrons. The van der Waals surface area contributed by atoms with Crippen LogP contribution in [-0.4, -0.2) is 17.3 Å². The lowest BCUT2D eigenvalue weighted by molar-refractivity contribution is -0.451. The summed E-state index contributed by atoms with van der Waals surface area (Å²) in [5.41, 5.74) is 0. The number of hydrogen-bond donors (Lipinski definition) is 0. The van der Waals surface area contributed by atoms with Gasteiger partial charge in [0.15, 0.2) is 6.20 Å². The molecule has 0 saturated carbocycles. The van der Waals surface area contributed by atoms with Crippen LogP contribution < -0.4 is 0 Å². The van der Waals surface area contributed by atoms with Crippen LogP contribution in [0.4, 0.5) is 0 Å². The van der Waals surface area contributed by atoms with Gasteiger partial charge < -0.3 is 0 Å². The smallest absolute Gasteiger partial charge is 0.165 e. The van der Waals surface area contributed by atoms with Crippen LogP contribution in [-0.2, 0) is 0 Å². The normalized spacial score (nSPS) is 16.5. The zero-order chi connectivity index (χ0) is 7.40. The Morgan fingerprint density at radius 1 is 1.50 bits per heavy atom. The van der Waals surface area contributed by atoms with Crippen LogP contribution in [0.2, 0.25) is 0 Å². The van der Waals surface area contributed by atoms with Crippen molar-refractivity contribution < 1.29 is 4.58 Å². The highest BCUT2D eigenvalue weighted by Gasteiger charge is 2.04. The minimum atomic E-state index is 0.822. The summed E-state index contributed by atoms with van der Waals surface area (Å²) >= 11 is 0. The zero-order valence-corrected chi connectivity index (χ0v) is 6.88. The molecule has 0 aliphatic carbocycles. The van der Waals surface area contributed by atoms with Crippen molar-refractivity contribution in [3.8, 4) is 0 Å². The van der Waals surface area contributed by atoms with Crippen molar-refractivity contribution in [2.75, 3.05) is 6.54 Å². The van der Waals surface area contributed by atoms with Crippen molar-refractivity contribution in [3.63, 3.8) is 0 Å². The molecule has 0 saturated heterocycles. The third-order valence-electron chi connectivity index (χ3n) is 1.74. The minimum Gasteiger partial charge on any atom is -0.209 e. The summed E-state index contributed by atoms with van der Waals surface area (Å²) in [6, 6.07) is 0. The topological polar surface area (TPSA) is 3.01 Å². The van der Waals surface area contributed by atoms with Crippen LogP contribution in [0.15, 0.2) is 12.3 Å². The Hall–Kier alpha value is -0.590. The second-order valence-corrected chi connectivity index (χ2v) is 3.22. The van der Waals surface area contributed by atoms with Gasteiger partial charge in [-0.25, -0.2) is 4.58 Å². The monoisotopic (exact) mass is 138 g/mol. The SMILES string of the molecule is CC(C)CC[N+]1=CCC=C1. The second kappa shape index (κ2) is 3.55. The first-order chi connectivity index (χ1) is 4.79. The molecule has 0 bridgehead atoms. The van der Waals surface area contributed by atoms with Crippen LogP contribution in [0.1, 0.15) is 26.7 Å². The van der Waals surface area contributed by atoms with E-state index in [2.05, 4.69) is 36.9 Å². The van der Waals surface area contributed by atoms with E-state index in [9.17, 15) is 0 Å². The summed E-state index contributed by atoms with van der Waals surface area (Å²) in [5.74, 6) is 0.822. The fourth-order valence-electron chi connectivity index (χ4n) is 1.03. The van der Waals surface area contributed by atoms with E-state index in [-0.39, 0.29) is 0 Å². The van der Waals surface area contributed by atoms with Crippen LogP contribution in [0.25, 0.3) is 0 Å². The van der Waals surface area contributed by atoms with Crippen LogP contribution >= 0.6 is 0 Å². The van der Waals surface area contributed by atoms with Gasteiger partial charge in [0.1, 0.15) is 12.8 Å². The van der Waals surface area contributed by atoms with E-state index >= 15 is 0 Å². The van der Waals surface area contributed by atoms with Gasteiger partial charge >= 0.3 is 0 Å². The van der Waals surface area contributed by atoms with Crippen molar-refractivity contribution in [1.82, 2.24) is 0 Å². The number of hydrogen-bond acceptors (Lipinski definition) is 0. The summed E-state index contributed by atoms with van der Waals surface area (Å²) in [7, 11) is 0. The number of rotatable bonds is 3. The van der Waals surface area contributed by atoms with Gasteiger partial charge in [0.25, 0.3) is 0 Å². The van der Waals surface area contributed by atoms with E-state index in [1.54, 1.807) is 0 Å². The Morgan fingerprint density at radius 3 is 2.80 bits per heavy atom. The first kappa shape index (κ1) is 7.52. The fraction of sp³-hybridized carbons (Fsp3) is 0.667. The lowest BCUT2D eigenvalue weighted by Gasteiger charge is -1.98. The van der Waals surface area contributed by atoms with E-state index in [0.717, 1.165) is 12.3 Å². The molecule has 0 spiro atoms. The Morgan fingerprint density at radius 2 is 2.30 bits per heavy atom. The van der Waals surface area contributed by atoms with Gasteiger partial charge in [-0.1, -0.05) is 13.8 Å². The maximum absolute atomic E-state index is 2.28. The van der Waals surface area contributed by atoms with Gasteiger partial charge in [0.05, 0.1) is 0 Å². The molecule has 0 N–H and O–H groups in total. The molecule has 0 unspecified atom stereocenters. The first-order valence-corrected chi connectivity index (χ1v) is 4.05. The Labute approximate surface area is 63.1 Å². The van der Waals surface area contributed by atoms with Gasteiger partial charge in [0.2, 0.25) is 0 Å². The molecule has 0 aromatic carbocycles.